The molecule has 0 bridgehead atoms. The molecule has 17 heavy (non-hydrogen) atoms. The number of carbonyl (C=O) groups is 1. The second kappa shape index (κ2) is 4.17. The van der Waals surface area contributed by atoms with Crippen LogP contribution < -0.4 is 0 Å². The Kier molecular flexibility index (Phi) is 2.65. The third-order valence-corrected chi connectivity index (χ3v) is 4.40. The highest BCUT2D eigenvalue weighted by Crippen LogP contribution is 2.37. The summed E-state index contributed by atoms with van der Waals surface area (Å²) in [5.41, 5.74) is 4.33. The zero-order valence-electron chi connectivity index (χ0n) is 9.98. The molecule has 2 nitrogen and oxygen atoms in total. The van der Waals surface area contributed by atoms with Gasteiger partial charge in [0, 0.05) is 0 Å². The molecule has 1 aromatic carbocycles. The Morgan fingerprint density at radius 2 is 2.06 bits per heavy atom. The van der Waals surface area contributed by atoms with Gasteiger partial charge in [0.05, 0.1) is 5.92 Å². The van der Waals surface area contributed by atoms with Gasteiger partial charge < -0.3 is 5.11 Å². The van der Waals surface area contributed by atoms with Crippen LogP contribution in [0.5, 0.6) is 0 Å². The maximum absolute atomic E-state index is 11.0. The van der Waals surface area contributed by atoms with Gasteiger partial charge >= 0.3 is 5.97 Å². The van der Waals surface area contributed by atoms with Crippen molar-refractivity contribution in [3.8, 4) is 0 Å². The molecule has 0 amide bonds. The second-order valence-corrected chi connectivity index (χ2v) is 5.44. The third kappa shape index (κ3) is 1.97. The molecule has 0 spiro atoms. The minimum absolute atomic E-state index is 0.0942. The number of hydrogen-bond donors (Lipinski definition) is 1. The summed E-state index contributed by atoms with van der Waals surface area (Å²) in [5.74, 6) is -0.336. The predicted molar refractivity (Wildman–Crippen MR) is 66.0 cm³/mol. The molecular weight excluding hydrogens is 212 g/mol. The number of rotatable bonds is 3. The smallest absolute Gasteiger partial charge is 0.306 e. The average Bonchev–Trinajstić information content (AvgIpc) is 2.70. The molecule has 2 aliphatic rings. The predicted octanol–water partition coefficient (Wildman–Crippen LogP) is 2.83. The van der Waals surface area contributed by atoms with Crippen LogP contribution in [-0.4, -0.2) is 11.1 Å². The molecule has 0 radical (unpaired) electrons. The van der Waals surface area contributed by atoms with Crippen LogP contribution in [0.1, 0.15) is 36.0 Å². The molecule has 0 aliphatic heterocycles. The minimum Gasteiger partial charge on any atom is -0.481 e. The highest BCUT2D eigenvalue weighted by molar-refractivity contribution is 5.71. The van der Waals surface area contributed by atoms with E-state index in [1.807, 2.05) is 0 Å². The van der Waals surface area contributed by atoms with Crippen molar-refractivity contribution in [2.75, 3.05) is 0 Å². The minimum atomic E-state index is -0.609. The molecule has 0 saturated heterocycles. The van der Waals surface area contributed by atoms with Crippen LogP contribution in [0.15, 0.2) is 18.2 Å². The molecule has 3 rings (SSSR count). The summed E-state index contributed by atoms with van der Waals surface area (Å²) in [6, 6.07) is 6.74. The maximum Gasteiger partial charge on any atom is 0.306 e. The van der Waals surface area contributed by atoms with Crippen molar-refractivity contribution in [2.24, 2.45) is 11.8 Å². The van der Waals surface area contributed by atoms with E-state index in [0.717, 1.165) is 19.3 Å². The number of carboxylic acid groups (broad SMARTS) is 1. The van der Waals surface area contributed by atoms with Gasteiger partial charge in [0.1, 0.15) is 0 Å². The summed E-state index contributed by atoms with van der Waals surface area (Å²) < 4.78 is 0. The van der Waals surface area contributed by atoms with Gasteiger partial charge in [-0.3, -0.25) is 4.79 Å². The summed E-state index contributed by atoms with van der Waals surface area (Å²) in [4.78, 5) is 11.0. The van der Waals surface area contributed by atoms with E-state index in [-0.39, 0.29) is 5.92 Å². The van der Waals surface area contributed by atoms with Gasteiger partial charge in [0.25, 0.3) is 0 Å². The largest absolute Gasteiger partial charge is 0.481 e. The standard InChI is InChI=1S/C15H18O2/c16-15(17)14-7-6-13(14)9-10-4-5-11-2-1-3-12(11)8-10/h4-5,8,13-14H,1-3,6-7,9H2,(H,16,17). The van der Waals surface area contributed by atoms with Crippen LogP contribution in [0.3, 0.4) is 0 Å². The Morgan fingerprint density at radius 3 is 2.76 bits per heavy atom. The van der Waals surface area contributed by atoms with Crippen LogP contribution in [-0.2, 0) is 24.1 Å². The Labute approximate surface area is 102 Å². The van der Waals surface area contributed by atoms with E-state index in [2.05, 4.69) is 18.2 Å². The molecule has 2 atom stereocenters. The zero-order valence-corrected chi connectivity index (χ0v) is 9.98. The average molecular weight is 230 g/mol. The third-order valence-electron chi connectivity index (χ3n) is 4.40. The van der Waals surface area contributed by atoms with Crippen LogP contribution in [0.4, 0.5) is 0 Å². The molecule has 2 aliphatic carbocycles. The van der Waals surface area contributed by atoms with Gasteiger partial charge in [0.15, 0.2) is 0 Å². The lowest BCUT2D eigenvalue weighted by Gasteiger charge is -2.33. The van der Waals surface area contributed by atoms with E-state index in [4.69, 9.17) is 5.11 Å². The van der Waals surface area contributed by atoms with E-state index >= 15 is 0 Å². The first-order valence-corrected chi connectivity index (χ1v) is 6.57. The highest BCUT2D eigenvalue weighted by atomic mass is 16.4. The van der Waals surface area contributed by atoms with Crippen molar-refractivity contribution in [3.05, 3.63) is 34.9 Å². The molecule has 1 fully saturated rings. The van der Waals surface area contributed by atoms with Crippen molar-refractivity contribution in [1.82, 2.24) is 0 Å². The number of hydrogen-bond acceptors (Lipinski definition) is 1. The number of carboxylic acids is 1. The van der Waals surface area contributed by atoms with E-state index in [1.54, 1.807) is 0 Å². The highest BCUT2D eigenvalue weighted by Gasteiger charge is 2.36. The number of fused-ring (bicyclic) bond motifs is 1. The number of aliphatic carboxylic acids is 1. The van der Waals surface area contributed by atoms with Gasteiger partial charge in [-0.15, -0.1) is 0 Å². The van der Waals surface area contributed by atoms with E-state index in [1.165, 1.54) is 36.0 Å². The summed E-state index contributed by atoms with van der Waals surface area (Å²) in [6.07, 6.45) is 6.59. The fourth-order valence-corrected chi connectivity index (χ4v) is 3.19. The van der Waals surface area contributed by atoms with Crippen molar-refractivity contribution in [1.29, 1.82) is 0 Å². The van der Waals surface area contributed by atoms with E-state index in [0.29, 0.717) is 5.92 Å². The lowest BCUT2D eigenvalue weighted by molar-refractivity contribution is -0.147. The Morgan fingerprint density at radius 1 is 1.24 bits per heavy atom. The van der Waals surface area contributed by atoms with Crippen LogP contribution in [0, 0.1) is 11.8 Å². The molecule has 0 heterocycles. The molecule has 0 aromatic heterocycles. The second-order valence-electron chi connectivity index (χ2n) is 5.44. The van der Waals surface area contributed by atoms with Crippen molar-refractivity contribution in [2.45, 2.75) is 38.5 Å². The summed E-state index contributed by atoms with van der Waals surface area (Å²) in [6.45, 7) is 0. The quantitative estimate of drug-likeness (QED) is 0.867. The first kappa shape index (κ1) is 10.8. The van der Waals surface area contributed by atoms with Gasteiger partial charge in [-0.05, 0) is 61.1 Å². The van der Waals surface area contributed by atoms with Gasteiger partial charge in [-0.25, -0.2) is 0 Å². The van der Waals surface area contributed by atoms with Gasteiger partial charge in [0.2, 0.25) is 0 Å². The molecule has 2 heteroatoms. The Bertz CT molecular complexity index is 450. The molecule has 90 valence electrons. The van der Waals surface area contributed by atoms with E-state index in [9.17, 15) is 4.79 Å². The first-order chi connectivity index (χ1) is 8.24. The Balaban J connectivity index is 1.71. The Hall–Kier alpha value is -1.31. The van der Waals surface area contributed by atoms with Crippen molar-refractivity contribution in [3.63, 3.8) is 0 Å². The molecule has 2 unspecified atom stereocenters. The number of aryl methyl sites for hydroxylation is 2. The summed E-state index contributed by atoms with van der Waals surface area (Å²) in [5, 5.41) is 9.04. The lowest BCUT2D eigenvalue weighted by atomic mass is 9.71. The maximum atomic E-state index is 11.0. The van der Waals surface area contributed by atoms with Crippen molar-refractivity contribution < 1.29 is 9.90 Å². The van der Waals surface area contributed by atoms with Crippen LogP contribution in [0.2, 0.25) is 0 Å². The zero-order chi connectivity index (χ0) is 11.8. The van der Waals surface area contributed by atoms with Gasteiger partial charge in [-0.1, -0.05) is 18.2 Å². The van der Waals surface area contributed by atoms with Crippen LogP contribution in [0.25, 0.3) is 0 Å². The summed E-state index contributed by atoms with van der Waals surface area (Å²) >= 11 is 0. The first-order valence-electron chi connectivity index (χ1n) is 6.57. The number of benzene rings is 1. The molecular formula is C15H18O2. The SMILES string of the molecule is O=C(O)C1CCC1Cc1ccc2c(c1)CCC2. The summed E-state index contributed by atoms with van der Waals surface area (Å²) in [7, 11) is 0. The van der Waals surface area contributed by atoms with Gasteiger partial charge in [-0.2, -0.15) is 0 Å². The topological polar surface area (TPSA) is 37.3 Å². The monoisotopic (exact) mass is 230 g/mol. The fraction of sp³-hybridized carbons (Fsp3) is 0.533. The fourth-order valence-electron chi connectivity index (χ4n) is 3.19. The van der Waals surface area contributed by atoms with Crippen LogP contribution >= 0.6 is 0 Å². The van der Waals surface area contributed by atoms with Crippen molar-refractivity contribution >= 4 is 5.97 Å². The molecule has 1 aromatic rings. The van der Waals surface area contributed by atoms with E-state index < -0.39 is 5.97 Å². The molecule has 1 saturated carbocycles. The molecule has 1 N–H and O–H groups in total. The normalized spacial score (nSPS) is 26.4. The lowest BCUT2D eigenvalue weighted by Crippen LogP contribution is -2.34.